The first-order valence-electron chi connectivity index (χ1n) is 10.8. The molecule has 0 spiro atoms. The molecular formula is C28H29NO2. The largest absolute Gasteiger partial charge is 0.496 e. The number of hydrogen-bond donors (Lipinski definition) is 0. The van der Waals surface area contributed by atoms with Gasteiger partial charge < -0.3 is 14.4 Å². The smallest absolute Gasteiger partial charge is 0.150 e. The van der Waals surface area contributed by atoms with E-state index in [0.29, 0.717) is 0 Å². The molecule has 0 bridgehead atoms. The Bertz CT molecular complexity index is 1200. The Labute approximate surface area is 184 Å². The van der Waals surface area contributed by atoms with E-state index in [4.69, 9.17) is 9.47 Å². The third-order valence-electron chi connectivity index (χ3n) is 6.68. The summed E-state index contributed by atoms with van der Waals surface area (Å²) < 4.78 is 12.5. The lowest BCUT2D eigenvalue weighted by atomic mass is 9.82. The van der Waals surface area contributed by atoms with E-state index in [0.717, 1.165) is 17.1 Å². The Morgan fingerprint density at radius 2 is 1.74 bits per heavy atom. The molecular weight excluding hydrogens is 382 g/mol. The average molecular weight is 412 g/mol. The maximum atomic E-state index is 6.72. The predicted molar refractivity (Wildman–Crippen MR) is 128 cm³/mol. The minimum atomic E-state index is -0.178. The van der Waals surface area contributed by atoms with Gasteiger partial charge in [0, 0.05) is 23.9 Å². The second kappa shape index (κ2) is 6.91. The fraction of sp³-hybridized carbons (Fsp3) is 0.286. The number of anilines is 1. The van der Waals surface area contributed by atoms with E-state index in [9.17, 15) is 0 Å². The van der Waals surface area contributed by atoms with Crippen molar-refractivity contribution in [3.63, 3.8) is 0 Å². The molecule has 1 unspecified atom stereocenters. The van der Waals surface area contributed by atoms with Crippen LogP contribution in [-0.4, -0.2) is 19.7 Å². The van der Waals surface area contributed by atoms with Crippen LogP contribution in [0.25, 0.3) is 17.2 Å². The van der Waals surface area contributed by atoms with Gasteiger partial charge in [0.1, 0.15) is 11.5 Å². The lowest BCUT2D eigenvalue weighted by Gasteiger charge is -2.41. The van der Waals surface area contributed by atoms with Gasteiger partial charge in [0.05, 0.1) is 18.2 Å². The summed E-state index contributed by atoms with van der Waals surface area (Å²) >= 11 is 0. The maximum Gasteiger partial charge on any atom is 0.150 e. The van der Waals surface area contributed by atoms with Crippen LogP contribution in [0.15, 0.2) is 54.6 Å². The van der Waals surface area contributed by atoms with Gasteiger partial charge in [-0.25, -0.2) is 0 Å². The van der Waals surface area contributed by atoms with Crippen molar-refractivity contribution in [3.05, 3.63) is 82.4 Å². The summed E-state index contributed by atoms with van der Waals surface area (Å²) in [5.41, 5.74) is 9.50. The number of aryl methyl sites for hydroxylation is 2. The van der Waals surface area contributed by atoms with Crippen LogP contribution >= 0.6 is 0 Å². The number of benzene rings is 3. The van der Waals surface area contributed by atoms with E-state index in [1.807, 2.05) is 18.2 Å². The van der Waals surface area contributed by atoms with E-state index in [1.54, 1.807) is 7.11 Å². The van der Waals surface area contributed by atoms with E-state index in [-0.39, 0.29) is 11.6 Å². The minimum Gasteiger partial charge on any atom is -0.496 e. The first-order chi connectivity index (χ1) is 14.8. The zero-order valence-corrected chi connectivity index (χ0v) is 19.1. The van der Waals surface area contributed by atoms with Crippen LogP contribution in [0.2, 0.25) is 0 Å². The average Bonchev–Trinajstić information content (AvgIpc) is 2.74. The predicted octanol–water partition coefficient (Wildman–Crippen LogP) is 6.70. The minimum absolute atomic E-state index is 0.0399. The Morgan fingerprint density at radius 3 is 2.45 bits per heavy atom. The van der Waals surface area contributed by atoms with Crippen LogP contribution in [0.4, 0.5) is 5.69 Å². The van der Waals surface area contributed by atoms with Crippen molar-refractivity contribution in [1.29, 1.82) is 0 Å². The van der Waals surface area contributed by atoms with Gasteiger partial charge in [-0.15, -0.1) is 0 Å². The highest BCUT2D eigenvalue weighted by Crippen LogP contribution is 2.52. The van der Waals surface area contributed by atoms with E-state index in [2.05, 4.69) is 82.1 Å². The molecule has 158 valence electrons. The number of likely N-dealkylation sites (N-methyl/N-ethyl adjacent to an activating group) is 1. The zero-order chi connectivity index (χ0) is 21.9. The molecule has 31 heavy (non-hydrogen) atoms. The molecule has 1 atom stereocenters. The molecule has 3 nitrogen and oxygen atoms in total. The standard InChI is InChI=1S/C28H29NO2/c1-17-14-18(2)16-19(15-17)27-25-20-12-13-28(3,4)29(5)22(20)11-10-21(25)26-23(30-6)8-7-9-24(26)31-27/h7-16,27H,1-6H3. The number of ether oxygens (including phenoxy) is 2. The van der Waals surface area contributed by atoms with Crippen molar-refractivity contribution >= 4 is 11.8 Å². The van der Waals surface area contributed by atoms with Crippen LogP contribution in [0.3, 0.4) is 0 Å². The summed E-state index contributed by atoms with van der Waals surface area (Å²) in [7, 11) is 3.89. The highest BCUT2D eigenvalue weighted by molar-refractivity contribution is 5.89. The van der Waals surface area contributed by atoms with Crippen molar-refractivity contribution in [3.8, 4) is 22.6 Å². The molecule has 0 amide bonds. The molecule has 3 heteroatoms. The number of hydrogen-bond acceptors (Lipinski definition) is 3. The molecule has 3 aromatic rings. The van der Waals surface area contributed by atoms with Crippen LogP contribution in [0.1, 0.15) is 47.8 Å². The Hall–Kier alpha value is -3.20. The lowest BCUT2D eigenvalue weighted by molar-refractivity contribution is 0.241. The second-order valence-corrected chi connectivity index (χ2v) is 9.26. The van der Waals surface area contributed by atoms with Crippen molar-refractivity contribution in [2.75, 3.05) is 19.1 Å². The van der Waals surface area contributed by atoms with Crippen LogP contribution in [-0.2, 0) is 0 Å². The van der Waals surface area contributed by atoms with Gasteiger partial charge in [-0.2, -0.15) is 0 Å². The molecule has 5 rings (SSSR count). The number of methoxy groups -OCH3 is 1. The molecule has 3 aromatic carbocycles. The number of fused-ring (bicyclic) bond motifs is 5. The van der Waals surface area contributed by atoms with Crippen LogP contribution in [0.5, 0.6) is 11.5 Å². The van der Waals surface area contributed by atoms with E-state index >= 15 is 0 Å². The van der Waals surface area contributed by atoms with Gasteiger partial charge in [-0.3, -0.25) is 0 Å². The van der Waals surface area contributed by atoms with Crippen molar-refractivity contribution in [2.24, 2.45) is 0 Å². The summed E-state index contributed by atoms with van der Waals surface area (Å²) in [6.07, 6.45) is 4.38. The second-order valence-electron chi connectivity index (χ2n) is 9.26. The molecule has 0 aliphatic carbocycles. The fourth-order valence-corrected chi connectivity index (χ4v) is 4.93. The van der Waals surface area contributed by atoms with Gasteiger partial charge >= 0.3 is 0 Å². The first kappa shape index (κ1) is 19.7. The van der Waals surface area contributed by atoms with Crippen molar-refractivity contribution < 1.29 is 9.47 Å². The molecule has 2 heterocycles. The van der Waals surface area contributed by atoms with Crippen LogP contribution in [0, 0.1) is 13.8 Å². The maximum absolute atomic E-state index is 6.72. The van der Waals surface area contributed by atoms with Gasteiger partial charge in [0.25, 0.3) is 0 Å². The molecule has 0 radical (unpaired) electrons. The van der Waals surface area contributed by atoms with E-state index in [1.165, 1.54) is 39.1 Å². The molecule has 0 fully saturated rings. The van der Waals surface area contributed by atoms with Gasteiger partial charge in [0.15, 0.2) is 6.10 Å². The van der Waals surface area contributed by atoms with Crippen LogP contribution < -0.4 is 14.4 Å². The molecule has 0 aromatic heterocycles. The third-order valence-corrected chi connectivity index (χ3v) is 6.68. The Kier molecular flexibility index (Phi) is 4.40. The van der Waals surface area contributed by atoms with Gasteiger partial charge in [0.2, 0.25) is 0 Å². The topological polar surface area (TPSA) is 21.7 Å². The van der Waals surface area contributed by atoms with E-state index < -0.39 is 0 Å². The third kappa shape index (κ3) is 3.03. The molecule has 0 saturated carbocycles. The molecule has 0 saturated heterocycles. The highest BCUT2D eigenvalue weighted by atomic mass is 16.5. The summed E-state index contributed by atoms with van der Waals surface area (Å²) in [5.74, 6) is 1.70. The Morgan fingerprint density at radius 1 is 1.00 bits per heavy atom. The monoisotopic (exact) mass is 411 g/mol. The lowest BCUT2D eigenvalue weighted by Crippen LogP contribution is -2.41. The SMILES string of the molecule is COc1cccc2c1-c1ccc3c(c1C(c1cc(C)cc(C)c1)O2)C=CC(C)(C)N3C. The normalized spacial score (nSPS) is 18.0. The molecule has 2 aliphatic heterocycles. The summed E-state index contributed by atoms with van der Waals surface area (Å²) in [6.45, 7) is 8.77. The number of rotatable bonds is 2. The first-order valence-corrected chi connectivity index (χ1v) is 10.8. The van der Waals surface area contributed by atoms with Crippen molar-refractivity contribution in [1.82, 2.24) is 0 Å². The Balaban J connectivity index is 1.83. The quantitative estimate of drug-likeness (QED) is 0.468. The molecule has 0 N–H and O–H groups in total. The number of nitrogens with zero attached hydrogens (tertiary/aromatic N) is 1. The fourth-order valence-electron chi connectivity index (χ4n) is 4.93. The van der Waals surface area contributed by atoms with Crippen molar-refractivity contribution in [2.45, 2.75) is 39.3 Å². The van der Waals surface area contributed by atoms with Gasteiger partial charge in [-0.05, 0) is 57.0 Å². The highest BCUT2D eigenvalue weighted by Gasteiger charge is 2.35. The summed E-state index contributed by atoms with van der Waals surface area (Å²) in [4.78, 5) is 2.35. The van der Waals surface area contributed by atoms with Gasteiger partial charge in [-0.1, -0.05) is 53.6 Å². The zero-order valence-electron chi connectivity index (χ0n) is 19.1. The summed E-state index contributed by atoms with van der Waals surface area (Å²) in [6, 6.07) is 17.2. The molecule has 2 aliphatic rings. The summed E-state index contributed by atoms with van der Waals surface area (Å²) in [5, 5.41) is 0.